The number of rotatable bonds is 6. The van der Waals surface area contributed by atoms with Crippen molar-refractivity contribution in [3.63, 3.8) is 0 Å². The highest BCUT2D eigenvalue weighted by atomic mass is 127. The summed E-state index contributed by atoms with van der Waals surface area (Å²) in [5.41, 5.74) is 2.61. The summed E-state index contributed by atoms with van der Waals surface area (Å²) in [5, 5.41) is 3.61. The van der Waals surface area contributed by atoms with Crippen LogP contribution in [0.4, 0.5) is 0 Å². The first-order chi connectivity index (χ1) is 14.1. The van der Waals surface area contributed by atoms with Crippen molar-refractivity contribution in [1.82, 2.24) is 20.0 Å². The summed E-state index contributed by atoms with van der Waals surface area (Å²) in [4.78, 5) is 12.0. The Morgan fingerprint density at radius 1 is 1.07 bits per heavy atom. The van der Waals surface area contributed by atoms with Crippen molar-refractivity contribution in [2.45, 2.75) is 32.9 Å². The van der Waals surface area contributed by atoms with Crippen molar-refractivity contribution in [1.29, 1.82) is 0 Å². The number of likely N-dealkylation sites (N-methyl/N-ethyl adjacent to an activating group) is 1. The van der Waals surface area contributed by atoms with Gasteiger partial charge in [-0.3, -0.25) is 9.89 Å². The van der Waals surface area contributed by atoms with Gasteiger partial charge in [0.05, 0.1) is 14.2 Å². The zero-order valence-electron chi connectivity index (χ0n) is 19.1. The third kappa shape index (κ3) is 5.91. The van der Waals surface area contributed by atoms with E-state index in [1.54, 1.807) is 14.2 Å². The van der Waals surface area contributed by atoms with Crippen LogP contribution in [-0.2, 0) is 13.0 Å². The minimum atomic E-state index is 0. The number of benzene rings is 1. The molecular formula is C22H38IN5O2. The van der Waals surface area contributed by atoms with Crippen LogP contribution >= 0.6 is 24.0 Å². The molecule has 170 valence electrons. The summed E-state index contributed by atoms with van der Waals surface area (Å²) in [7, 11) is 5.25. The Bertz CT molecular complexity index is 707. The lowest BCUT2D eigenvalue weighted by Crippen LogP contribution is -2.53. The molecule has 0 saturated carbocycles. The Labute approximate surface area is 198 Å². The highest BCUT2D eigenvalue weighted by Gasteiger charge is 2.24. The summed E-state index contributed by atoms with van der Waals surface area (Å²) < 4.78 is 10.9. The molecule has 0 spiro atoms. The molecule has 0 bridgehead atoms. The zero-order chi connectivity index (χ0) is 20.8. The topological polar surface area (TPSA) is 52.6 Å². The van der Waals surface area contributed by atoms with Crippen molar-refractivity contribution in [3.8, 4) is 11.5 Å². The molecule has 0 aromatic heterocycles. The Morgan fingerprint density at radius 3 is 2.27 bits per heavy atom. The van der Waals surface area contributed by atoms with E-state index in [1.165, 1.54) is 24.2 Å². The van der Waals surface area contributed by atoms with Crippen molar-refractivity contribution < 1.29 is 9.47 Å². The zero-order valence-corrected chi connectivity index (χ0v) is 21.4. The normalized spacial score (nSPS) is 19.0. The number of hydrogen-bond donors (Lipinski definition) is 1. The summed E-state index contributed by atoms with van der Waals surface area (Å²) in [6, 6.07) is 4.70. The first-order valence-electron chi connectivity index (χ1n) is 10.7. The van der Waals surface area contributed by atoms with Crippen LogP contribution in [0, 0.1) is 0 Å². The third-order valence-electron chi connectivity index (χ3n) is 6.26. The van der Waals surface area contributed by atoms with Gasteiger partial charge >= 0.3 is 0 Å². The van der Waals surface area contributed by atoms with Gasteiger partial charge in [0.25, 0.3) is 0 Å². The van der Waals surface area contributed by atoms with E-state index in [4.69, 9.17) is 9.47 Å². The van der Waals surface area contributed by atoms with E-state index in [0.29, 0.717) is 6.04 Å². The number of halogens is 1. The summed E-state index contributed by atoms with van der Waals surface area (Å²) in [5.74, 6) is 2.57. The van der Waals surface area contributed by atoms with Crippen LogP contribution in [0.15, 0.2) is 17.1 Å². The van der Waals surface area contributed by atoms with Crippen LogP contribution in [0.1, 0.15) is 25.0 Å². The highest BCUT2D eigenvalue weighted by Crippen LogP contribution is 2.33. The van der Waals surface area contributed by atoms with Crippen LogP contribution in [-0.4, -0.2) is 93.8 Å². The second-order valence-electron chi connectivity index (χ2n) is 7.89. The Kier molecular flexibility index (Phi) is 9.96. The Morgan fingerprint density at radius 2 is 1.70 bits per heavy atom. The van der Waals surface area contributed by atoms with Gasteiger partial charge in [-0.2, -0.15) is 0 Å². The van der Waals surface area contributed by atoms with Gasteiger partial charge in [0.15, 0.2) is 17.5 Å². The van der Waals surface area contributed by atoms with Gasteiger partial charge in [-0.25, -0.2) is 0 Å². The van der Waals surface area contributed by atoms with Gasteiger partial charge in [0.2, 0.25) is 0 Å². The van der Waals surface area contributed by atoms with Gasteiger partial charge in [-0.1, -0.05) is 6.92 Å². The maximum atomic E-state index is 5.49. The third-order valence-corrected chi connectivity index (χ3v) is 6.26. The van der Waals surface area contributed by atoms with E-state index < -0.39 is 0 Å². The average Bonchev–Trinajstić information content (AvgIpc) is 2.78. The average molecular weight is 531 g/mol. The molecular weight excluding hydrogens is 493 g/mol. The SMILES string of the molecule is CCN1CCN(C(C)CNC(=NC)N2CCc3cc(OC)c(OC)cc3C2)CC1.I. The Balaban J connectivity index is 0.00000320. The van der Waals surface area contributed by atoms with Crippen molar-refractivity contribution in [3.05, 3.63) is 23.3 Å². The lowest BCUT2D eigenvalue weighted by Gasteiger charge is -2.38. The molecule has 1 aromatic rings. The fraction of sp³-hybridized carbons (Fsp3) is 0.682. The number of piperazine rings is 1. The first kappa shape index (κ1) is 25.0. The van der Waals surface area contributed by atoms with E-state index in [9.17, 15) is 0 Å². The van der Waals surface area contributed by atoms with Gasteiger partial charge < -0.3 is 24.6 Å². The molecule has 8 heteroatoms. The number of fused-ring (bicyclic) bond motifs is 1. The standard InChI is InChI=1S/C22H37N5O2.HI/c1-6-25-9-11-26(12-10-25)17(2)15-24-22(23-3)27-8-7-18-13-20(28-4)21(29-5)14-19(18)16-27;/h13-14,17H,6-12,15-16H2,1-5H3,(H,23,24);1H. The quantitative estimate of drug-likeness (QED) is 0.346. The molecule has 2 aliphatic rings. The van der Waals surface area contributed by atoms with Gasteiger partial charge in [0, 0.05) is 58.9 Å². The molecule has 1 fully saturated rings. The van der Waals surface area contributed by atoms with E-state index in [2.05, 4.69) is 51.0 Å². The maximum absolute atomic E-state index is 5.49. The number of nitrogens with zero attached hydrogens (tertiary/aromatic N) is 4. The molecule has 0 radical (unpaired) electrons. The second-order valence-corrected chi connectivity index (χ2v) is 7.89. The predicted octanol–water partition coefficient (Wildman–Crippen LogP) is 2.28. The van der Waals surface area contributed by atoms with Crippen LogP contribution in [0.25, 0.3) is 0 Å². The largest absolute Gasteiger partial charge is 0.493 e. The number of ether oxygens (including phenoxy) is 2. The van der Waals surface area contributed by atoms with Crippen molar-refractivity contribution in [2.75, 3.05) is 67.1 Å². The van der Waals surface area contributed by atoms with Crippen molar-refractivity contribution >= 4 is 29.9 Å². The van der Waals surface area contributed by atoms with Gasteiger partial charge in [-0.15, -0.1) is 24.0 Å². The van der Waals surface area contributed by atoms with Gasteiger partial charge in [-0.05, 0) is 43.1 Å². The molecule has 0 aliphatic carbocycles. The van der Waals surface area contributed by atoms with Crippen LogP contribution in [0.5, 0.6) is 11.5 Å². The number of hydrogen-bond acceptors (Lipinski definition) is 5. The Hall–Kier alpha value is -1.26. The minimum Gasteiger partial charge on any atom is -0.493 e. The maximum Gasteiger partial charge on any atom is 0.194 e. The molecule has 30 heavy (non-hydrogen) atoms. The lowest BCUT2D eigenvalue weighted by molar-refractivity contribution is 0.107. The highest BCUT2D eigenvalue weighted by molar-refractivity contribution is 14.0. The molecule has 2 aliphatic heterocycles. The number of guanidine groups is 1. The van der Waals surface area contributed by atoms with Crippen molar-refractivity contribution in [2.24, 2.45) is 4.99 Å². The first-order valence-corrected chi connectivity index (χ1v) is 10.7. The number of aliphatic imine (C=N–C) groups is 1. The second kappa shape index (κ2) is 12.0. The summed E-state index contributed by atoms with van der Waals surface area (Å²) in [6.45, 7) is 13.0. The fourth-order valence-electron chi connectivity index (χ4n) is 4.28. The molecule has 3 rings (SSSR count). The molecule has 1 saturated heterocycles. The number of nitrogens with one attached hydrogen (secondary N) is 1. The van der Waals surface area contributed by atoms with E-state index in [0.717, 1.165) is 63.1 Å². The summed E-state index contributed by atoms with van der Waals surface area (Å²) >= 11 is 0. The van der Waals surface area contributed by atoms with E-state index >= 15 is 0 Å². The lowest BCUT2D eigenvalue weighted by atomic mass is 9.99. The van der Waals surface area contributed by atoms with Gasteiger partial charge in [0.1, 0.15) is 0 Å². The van der Waals surface area contributed by atoms with Crippen LogP contribution < -0.4 is 14.8 Å². The molecule has 1 atom stereocenters. The molecule has 7 nitrogen and oxygen atoms in total. The van der Waals surface area contributed by atoms with Crippen LogP contribution in [0.2, 0.25) is 0 Å². The smallest absolute Gasteiger partial charge is 0.194 e. The molecule has 1 unspecified atom stereocenters. The minimum absolute atomic E-state index is 0. The number of methoxy groups -OCH3 is 2. The molecule has 2 heterocycles. The predicted molar refractivity (Wildman–Crippen MR) is 134 cm³/mol. The summed E-state index contributed by atoms with van der Waals surface area (Å²) in [6.07, 6.45) is 0.977. The monoisotopic (exact) mass is 531 g/mol. The molecule has 1 aromatic carbocycles. The fourth-order valence-corrected chi connectivity index (χ4v) is 4.28. The van der Waals surface area contributed by atoms with Crippen LogP contribution in [0.3, 0.4) is 0 Å². The van der Waals surface area contributed by atoms with E-state index in [1.807, 2.05) is 7.05 Å². The molecule has 1 N–H and O–H groups in total. The molecule has 0 amide bonds. The van der Waals surface area contributed by atoms with E-state index in [-0.39, 0.29) is 24.0 Å².